The molecule has 7 nitrogen and oxygen atoms in total. The maximum Gasteiger partial charge on any atom is 0.349 e. The van der Waals surface area contributed by atoms with E-state index in [1.165, 1.54) is 23.3 Å². The summed E-state index contributed by atoms with van der Waals surface area (Å²) in [6.07, 6.45) is 4.81. The van der Waals surface area contributed by atoms with E-state index in [4.69, 9.17) is 4.84 Å². The molecule has 1 aliphatic heterocycles. The minimum atomic E-state index is -0.347. The number of hydrogen-bond acceptors (Lipinski definition) is 4. The number of hydrogen-bond donors (Lipinski definition) is 0. The quantitative estimate of drug-likeness (QED) is 0.231. The van der Waals surface area contributed by atoms with Crippen molar-refractivity contribution in [3.8, 4) is 0 Å². The molecule has 0 N–H and O–H groups in total. The van der Waals surface area contributed by atoms with Crippen LogP contribution in [0.25, 0.3) is 0 Å². The molecule has 0 aromatic rings. The summed E-state index contributed by atoms with van der Waals surface area (Å²) >= 11 is 0. The van der Waals surface area contributed by atoms with E-state index < -0.39 is 0 Å². The fourth-order valence-electron chi connectivity index (χ4n) is 1.68. The van der Waals surface area contributed by atoms with Gasteiger partial charge >= 0.3 is 6.03 Å². The lowest BCUT2D eigenvalue weighted by Gasteiger charge is -2.19. The minimum Gasteiger partial charge on any atom is -0.279 e. The van der Waals surface area contributed by atoms with Crippen molar-refractivity contribution in [2.75, 3.05) is 20.2 Å². The molecule has 3 amide bonds. The van der Waals surface area contributed by atoms with Gasteiger partial charge in [-0.3, -0.25) is 14.5 Å². The van der Waals surface area contributed by atoms with Crippen LogP contribution in [0.4, 0.5) is 4.79 Å². The number of urea groups is 1. The first kappa shape index (κ1) is 15.9. The molecule has 1 atom stereocenters. The van der Waals surface area contributed by atoms with Crippen molar-refractivity contribution in [2.24, 2.45) is 5.10 Å². The Balaban J connectivity index is 2.70. The minimum absolute atomic E-state index is 0.0469. The SMILES string of the molecule is C=CCON1C(=O)N(/C=N\N(C)C(=O)C=C)CC1CC. The fourth-order valence-corrected chi connectivity index (χ4v) is 1.68. The molecule has 0 saturated carbocycles. The van der Waals surface area contributed by atoms with E-state index >= 15 is 0 Å². The molecule has 110 valence electrons. The zero-order chi connectivity index (χ0) is 15.1. The summed E-state index contributed by atoms with van der Waals surface area (Å²) < 4.78 is 0. The molecule has 1 rings (SSSR count). The highest BCUT2D eigenvalue weighted by Crippen LogP contribution is 2.17. The van der Waals surface area contributed by atoms with Gasteiger partial charge in [-0.1, -0.05) is 19.6 Å². The number of rotatable bonds is 7. The van der Waals surface area contributed by atoms with Gasteiger partial charge in [0.05, 0.1) is 19.2 Å². The van der Waals surface area contributed by atoms with Crippen LogP contribution < -0.4 is 0 Å². The maximum atomic E-state index is 12.1. The fraction of sp³-hybridized carbons (Fsp3) is 0.462. The Morgan fingerprint density at radius 2 is 2.30 bits per heavy atom. The van der Waals surface area contributed by atoms with E-state index in [9.17, 15) is 9.59 Å². The third-order valence-electron chi connectivity index (χ3n) is 2.83. The molecule has 0 aromatic heterocycles. The van der Waals surface area contributed by atoms with Crippen LogP contribution in [0.3, 0.4) is 0 Å². The van der Waals surface area contributed by atoms with E-state index in [-0.39, 0.29) is 24.6 Å². The third-order valence-corrected chi connectivity index (χ3v) is 2.83. The van der Waals surface area contributed by atoms with E-state index in [2.05, 4.69) is 18.3 Å². The lowest BCUT2D eigenvalue weighted by Crippen LogP contribution is -2.35. The molecule has 1 saturated heterocycles. The van der Waals surface area contributed by atoms with Gasteiger partial charge in [0.15, 0.2) is 0 Å². The van der Waals surface area contributed by atoms with Crippen molar-refractivity contribution in [3.63, 3.8) is 0 Å². The second kappa shape index (κ2) is 7.44. The van der Waals surface area contributed by atoms with Crippen LogP contribution in [-0.4, -0.2) is 59.5 Å². The van der Waals surface area contributed by atoms with Crippen molar-refractivity contribution >= 4 is 18.3 Å². The number of likely N-dealkylation sites (N-methyl/N-ethyl adjacent to an activating group) is 1. The van der Waals surface area contributed by atoms with Crippen molar-refractivity contribution in [1.82, 2.24) is 15.0 Å². The Kier molecular flexibility index (Phi) is 5.92. The van der Waals surface area contributed by atoms with Gasteiger partial charge < -0.3 is 0 Å². The molecule has 0 bridgehead atoms. The molecular weight excluding hydrogens is 260 g/mol. The molecule has 0 aromatic carbocycles. The normalized spacial score (nSPS) is 18.7. The van der Waals surface area contributed by atoms with Crippen LogP contribution >= 0.6 is 0 Å². The lowest BCUT2D eigenvalue weighted by molar-refractivity contribution is -0.124. The monoisotopic (exact) mass is 280 g/mol. The zero-order valence-corrected chi connectivity index (χ0v) is 11.9. The Bertz CT molecular complexity index is 422. The first-order valence-corrected chi connectivity index (χ1v) is 6.33. The van der Waals surface area contributed by atoms with Gasteiger partial charge in [-0.25, -0.2) is 9.80 Å². The van der Waals surface area contributed by atoms with E-state index in [1.807, 2.05) is 6.92 Å². The summed E-state index contributed by atoms with van der Waals surface area (Å²) in [6, 6.07) is -0.351. The summed E-state index contributed by atoms with van der Waals surface area (Å²) in [5.41, 5.74) is 0. The molecule has 7 heteroatoms. The second-order valence-corrected chi connectivity index (χ2v) is 4.20. The summed E-state index contributed by atoms with van der Waals surface area (Å²) in [5.74, 6) is -0.347. The van der Waals surface area contributed by atoms with Gasteiger partial charge in [0.25, 0.3) is 5.91 Å². The summed E-state index contributed by atoms with van der Waals surface area (Å²) in [5, 5.41) is 6.33. The van der Waals surface area contributed by atoms with Crippen LogP contribution in [-0.2, 0) is 9.63 Å². The molecule has 1 aliphatic rings. The molecule has 0 radical (unpaired) electrons. The van der Waals surface area contributed by atoms with Crippen LogP contribution in [0.5, 0.6) is 0 Å². The molecule has 1 unspecified atom stereocenters. The van der Waals surface area contributed by atoms with Crippen LogP contribution in [0.1, 0.15) is 13.3 Å². The van der Waals surface area contributed by atoms with Gasteiger partial charge in [-0.05, 0) is 12.5 Å². The Hall–Kier alpha value is -2.15. The van der Waals surface area contributed by atoms with Crippen molar-refractivity contribution < 1.29 is 14.4 Å². The zero-order valence-electron chi connectivity index (χ0n) is 11.9. The van der Waals surface area contributed by atoms with Crippen molar-refractivity contribution in [3.05, 3.63) is 25.3 Å². The largest absolute Gasteiger partial charge is 0.349 e. The van der Waals surface area contributed by atoms with Gasteiger partial charge in [0.1, 0.15) is 6.34 Å². The standard InChI is InChI=1S/C13H20N4O3/c1-5-8-20-17-11(6-2)9-16(13(17)19)10-14-15(4)12(18)7-3/h5,7,10-11H,1,3,6,8-9H2,2,4H3/b14-10-. The summed E-state index contributed by atoms with van der Waals surface area (Å²) in [6.45, 7) is 9.61. The molecule has 1 fully saturated rings. The molecule has 0 aliphatic carbocycles. The van der Waals surface area contributed by atoms with Crippen LogP contribution in [0.15, 0.2) is 30.4 Å². The van der Waals surface area contributed by atoms with Gasteiger partial charge in [-0.15, -0.1) is 6.58 Å². The predicted molar refractivity (Wildman–Crippen MR) is 75.6 cm³/mol. The van der Waals surface area contributed by atoms with E-state index in [0.29, 0.717) is 6.54 Å². The lowest BCUT2D eigenvalue weighted by atomic mass is 10.2. The van der Waals surface area contributed by atoms with Crippen molar-refractivity contribution in [2.45, 2.75) is 19.4 Å². The number of hydroxylamine groups is 2. The molecule has 0 spiro atoms. The Morgan fingerprint density at radius 3 is 2.85 bits per heavy atom. The summed E-state index contributed by atoms with van der Waals surface area (Å²) in [4.78, 5) is 30.1. The highest BCUT2D eigenvalue weighted by Gasteiger charge is 2.36. The molecular formula is C13H20N4O3. The molecule has 20 heavy (non-hydrogen) atoms. The third kappa shape index (κ3) is 3.67. The van der Waals surface area contributed by atoms with Crippen LogP contribution in [0.2, 0.25) is 0 Å². The molecule has 1 heterocycles. The van der Waals surface area contributed by atoms with Gasteiger partial charge in [-0.2, -0.15) is 10.2 Å². The highest BCUT2D eigenvalue weighted by atomic mass is 16.7. The average Bonchev–Trinajstić information content (AvgIpc) is 2.77. The number of carbonyl (C=O) groups is 2. The average molecular weight is 280 g/mol. The van der Waals surface area contributed by atoms with E-state index in [0.717, 1.165) is 17.5 Å². The highest BCUT2D eigenvalue weighted by molar-refractivity contribution is 5.90. The Labute approximate surface area is 118 Å². The number of hydrazone groups is 1. The first-order valence-electron chi connectivity index (χ1n) is 6.33. The van der Waals surface area contributed by atoms with Gasteiger partial charge in [0, 0.05) is 7.05 Å². The van der Waals surface area contributed by atoms with Gasteiger partial charge in [0.2, 0.25) is 0 Å². The topological polar surface area (TPSA) is 65.5 Å². The second-order valence-electron chi connectivity index (χ2n) is 4.20. The smallest absolute Gasteiger partial charge is 0.279 e. The summed E-state index contributed by atoms with van der Waals surface area (Å²) in [7, 11) is 1.49. The van der Waals surface area contributed by atoms with Crippen LogP contribution in [0, 0.1) is 0 Å². The number of amides is 3. The Morgan fingerprint density at radius 1 is 1.60 bits per heavy atom. The predicted octanol–water partition coefficient (Wildman–Crippen LogP) is 1.21. The number of carbonyl (C=O) groups excluding carboxylic acids is 2. The van der Waals surface area contributed by atoms with E-state index in [1.54, 1.807) is 6.08 Å². The van der Waals surface area contributed by atoms with Crippen molar-refractivity contribution in [1.29, 1.82) is 0 Å². The first-order chi connectivity index (χ1) is 9.54. The number of nitrogens with zero attached hydrogens (tertiary/aromatic N) is 4. The maximum absolute atomic E-state index is 12.1.